The van der Waals surface area contributed by atoms with E-state index in [0.29, 0.717) is 48.5 Å². The van der Waals surface area contributed by atoms with Crippen LogP contribution < -0.4 is 20.1 Å². The largest absolute Gasteiger partial charge is 0.493 e. The summed E-state index contributed by atoms with van der Waals surface area (Å²) in [5.41, 5.74) is 4.64. The van der Waals surface area contributed by atoms with Gasteiger partial charge in [-0.25, -0.2) is 9.97 Å². The van der Waals surface area contributed by atoms with Gasteiger partial charge in [0, 0.05) is 25.1 Å². The second-order valence-electron chi connectivity index (χ2n) is 7.39. The number of amides is 2. The molecule has 0 unspecified atom stereocenters. The average Bonchev–Trinajstić information content (AvgIpc) is 2.80. The molecule has 8 heteroatoms. The molecule has 2 N–H and O–H groups in total. The van der Waals surface area contributed by atoms with Gasteiger partial charge in [-0.1, -0.05) is 6.07 Å². The number of carbonyl (C=O) groups is 2. The van der Waals surface area contributed by atoms with E-state index in [-0.39, 0.29) is 11.8 Å². The number of aryl methyl sites for hydroxylation is 3. The Morgan fingerprint density at radius 2 is 1.53 bits per heavy atom. The Balaban J connectivity index is 1.43. The van der Waals surface area contributed by atoms with E-state index in [4.69, 9.17) is 9.47 Å². The molecule has 168 valence electrons. The summed E-state index contributed by atoms with van der Waals surface area (Å²) >= 11 is 0. The van der Waals surface area contributed by atoms with Gasteiger partial charge in [0.2, 0.25) is 5.91 Å². The van der Waals surface area contributed by atoms with Gasteiger partial charge in [-0.2, -0.15) is 0 Å². The van der Waals surface area contributed by atoms with Crippen LogP contribution in [-0.4, -0.2) is 49.1 Å². The van der Waals surface area contributed by atoms with Crippen LogP contribution in [0.15, 0.2) is 36.4 Å². The van der Waals surface area contributed by atoms with Crippen LogP contribution in [0, 0.1) is 13.8 Å². The molecule has 2 amide bonds. The average molecular weight is 437 g/mol. The quantitative estimate of drug-likeness (QED) is 0.500. The van der Waals surface area contributed by atoms with Crippen LogP contribution in [0.25, 0.3) is 11.0 Å². The third-order valence-electron chi connectivity index (χ3n) is 5.16. The van der Waals surface area contributed by atoms with Gasteiger partial charge in [0.05, 0.1) is 36.6 Å². The molecule has 0 saturated heterocycles. The highest BCUT2D eigenvalue weighted by Crippen LogP contribution is 2.27. The fourth-order valence-electron chi connectivity index (χ4n) is 3.23. The van der Waals surface area contributed by atoms with E-state index in [9.17, 15) is 9.59 Å². The first-order valence-electron chi connectivity index (χ1n) is 10.4. The molecule has 0 fully saturated rings. The number of carbonyl (C=O) groups excluding carboxylic acids is 2. The third kappa shape index (κ3) is 5.72. The van der Waals surface area contributed by atoms with Crippen molar-refractivity contribution in [3.63, 3.8) is 0 Å². The highest BCUT2D eigenvalue weighted by Gasteiger charge is 2.10. The number of hydrogen-bond acceptors (Lipinski definition) is 6. The molecular weight excluding hydrogens is 408 g/mol. The van der Waals surface area contributed by atoms with Gasteiger partial charge in [-0.15, -0.1) is 0 Å². The number of benzene rings is 2. The zero-order chi connectivity index (χ0) is 23.1. The highest BCUT2D eigenvalue weighted by atomic mass is 16.5. The van der Waals surface area contributed by atoms with Crippen molar-refractivity contribution in [3.05, 3.63) is 58.9 Å². The zero-order valence-electron chi connectivity index (χ0n) is 18.8. The van der Waals surface area contributed by atoms with Crippen molar-refractivity contribution in [2.75, 3.05) is 27.3 Å². The van der Waals surface area contributed by atoms with Gasteiger partial charge in [-0.3, -0.25) is 9.59 Å². The first-order chi connectivity index (χ1) is 15.4. The molecule has 0 aliphatic rings. The Bertz CT molecular complexity index is 1130. The second-order valence-corrected chi connectivity index (χ2v) is 7.39. The lowest BCUT2D eigenvalue weighted by atomic mass is 10.1. The summed E-state index contributed by atoms with van der Waals surface area (Å²) in [7, 11) is 3.16. The maximum absolute atomic E-state index is 12.4. The Labute approximate surface area is 187 Å². The van der Waals surface area contributed by atoms with E-state index in [1.807, 2.05) is 32.0 Å². The molecule has 8 nitrogen and oxygen atoms in total. The highest BCUT2D eigenvalue weighted by molar-refractivity contribution is 5.97. The number of rotatable bonds is 9. The fourth-order valence-corrected chi connectivity index (χ4v) is 3.23. The zero-order valence-corrected chi connectivity index (χ0v) is 18.8. The number of hydrogen-bond donors (Lipinski definition) is 2. The van der Waals surface area contributed by atoms with Crippen molar-refractivity contribution in [2.45, 2.75) is 26.7 Å². The van der Waals surface area contributed by atoms with Crippen LogP contribution in [0.4, 0.5) is 0 Å². The normalized spacial score (nSPS) is 10.6. The lowest BCUT2D eigenvalue weighted by Gasteiger charge is -2.10. The van der Waals surface area contributed by atoms with Crippen LogP contribution in [0.2, 0.25) is 0 Å². The second kappa shape index (κ2) is 10.6. The summed E-state index contributed by atoms with van der Waals surface area (Å²) in [5, 5.41) is 5.64. The lowest BCUT2D eigenvalue weighted by Crippen LogP contribution is -2.34. The molecule has 3 rings (SSSR count). The number of nitrogens with one attached hydrogen (secondary N) is 2. The minimum Gasteiger partial charge on any atom is -0.493 e. The minimum atomic E-state index is -0.216. The summed E-state index contributed by atoms with van der Waals surface area (Å²) in [4.78, 5) is 33.5. The maximum Gasteiger partial charge on any atom is 0.251 e. The van der Waals surface area contributed by atoms with Crippen LogP contribution in [-0.2, 0) is 11.2 Å². The first kappa shape index (κ1) is 23.0. The Kier molecular flexibility index (Phi) is 7.59. The lowest BCUT2D eigenvalue weighted by molar-refractivity contribution is -0.121. The molecule has 0 aliphatic heterocycles. The van der Waals surface area contributed by atoms with Crippen molar-refractivity contribution in [2.24, 2.45) is 0 Å². The predicted octanol–water partition coefficient (Wildman–Crippen LogP) is 2.74. The van der Waals surface area contributed by atoms with Gasteiger partial charge < -0.3 is 20.1 Å². The number of nitrogens with zero attached hydrogens (tertiary/aromatic N) is 2. The first-order valence-corrected chi connectivity index (χ1v) is 10.4. The van der Waals surface area contributed by atoms with Gasteiger partial charge in [0.1, 0.15) is 0 Å². The SMILES string of the molecule is COc1ccc(CCC(=O)NCCNC(=O)c2ccc3nc(C)c(C)nc3c2)cc1OC. The molecular formula is C24H28N4O4. The standard InChI is InChI=1S/C24H28N4O4/c1-15-16(2)28-20-14-18(7-8-19(20)27-15)24(30)26-12-11-25-23(29)10-6-17-5-9-21(31-3)22(13-17)32-4/h5,7-9,13-14H,6,10-12H2,1-4H3,(H,25,29)(H,26,30). The maximum atomic E-state index is 12.4. The Morgan fingerprint density at radius 1 is 0.844 bits per heavy atom. The van der Waals surface area contributed by atoms with E-state index in [2.05, 4.69) is 20.6 Å². The van der Waals surface area contributed by atoms with Gasteiger partial charge >= 0.3 is 0 Å². The molecule has 0 radical (unpaired) electrons. The van der Waals surface area contributed by atoms with E-state index in [1.165, 1.54) is 0 Å². The summed E-state index contributed by atoms with van der Waals surface area (Å²) in [6.45, 7) is 4.48. The number of fused-ring (bicyclic) bond motifs is 1. The van der Waals surface area contributed by atoms with Crippen LogP contribution in [0.1, 0.15) is 33.7 Å². The summed E-state index contributed by atoms with van der Waals surface area (Å²) in [5.74, 6) is 0.991. The van der Waals surface area contributed by atoms with E-state index in [0.717, 1.165) is 22.5 Å². The molecule has 0 bridgehead atoms. The molecule has 1 heterocycles. The number of ether oxygens (including phenoxy) is 2. The van der Waals surface area contributed by atoms with E-state index in [1.54, 1.807) is 32.4 Å². The molecule has 0 aliphatic carbocycles. The topological polar surface area (TPSA) is 102 Å². The number of aromatic nitrogens is 2. The van der Waals surface area contributed by atoms with Crippen molar-refractivity contribution in [3.8, 4) is 11.5 Å². The number of methoxy groups -OCH3 is 2. The van der Waals surface area contributed by atoms with Gasteiger partial charge in [0.25, 0.3) is 5.91 Å². The van der Waals surface area contributed by atoms with Crippen molar-refractivity contribution < 1.29 is 19.1 Å². The summed E-state index contributed by atoms with van der Waals surface area (Å²) in [6, 6.07) is 10.8. The summed E-state index contributed by atoms with van der Waals surface area (Å²) in [6.07, 6.45) is 0.918. The van der Waals surface area contributed by atoms with Crippen LogP contribution in [0.5, 0.6) is 11.5 Å². The van der Waals surface area contributed by atoms with E-state index >= 15 is 0 Å². The summed E-state index contributed by atoms with van der Waals surface area (Å²) < 4.78 is 10.5. The van der Waals surface area contributed by atoms with Crippen molar-refractivity contribution in [1.82, 2.24) is 20.6 Å². The fraction of sp³-hybridized carbons (Fsp3) is 0.333. The molecule has 0 spiro atoms. The predicted molar refractivity (Wildman–Crippen MR) is 122 cm³/mol. The van der Waals surface area contributed by atoms with Crippen LogP contribution in [0.3, 0.4) is 0 Å². The smallest absolute Gasteiger partial charge is 0.251 e. The third-order valence-corrected chi connectivity index (χ3v) is 5.16. The van der Waals surface area contributed by atoms with Crippen molar-refractivity contribution >= 4 is 22.8 Å². The molecule has 2 aromatic carbocycles. The minimum absolute atomic E-state index is 0.0825. The molecule has 1 aromatic heterocycles. The monoisotopic (exact) mass is 436 g/mol. The Morgan fingerprint density at radius 3 is 2.25 bits per heavy atom. The van der Waals surface area contributed by atoms with Gasteiger partial charge in [0.15, 0.2) is 11.5 Å². The molecule has 3 aromatic rings. The molecule has 0 atom stereocenters. The molecule has 0 saturated carbocycles. The molecule has 32 heavy (non-hydrogen) atoms. The van der Waals surface area contributed by atoms with E-state index < -0.39 is 0 Å². The van der Waals surface area contributed by atoms with Crippen molar-refractivity contribution in [1.29, 1.82) is 0 Å². The van der Waals surface area contributed by atoms with Crippen LogP contribution >= 0.6 is 0 Å². The Hall–Kier alpha value is -3.68. The van der Waals surface area contributed by atoms with Gasteiger partial charge in [-0.05, 0) is 56.2 Å².